The fourth-order valence-electron chi connectivity index (χ4n) is 2.94. The molecular formula is C14H24N2O3. The van der Waals surface area contributed by atoms with Crippen molar-refractivity contribution in [2.45, 2.75) is 51.7 Å². The van der Waals surface area contributed by atoms with Gasteiger partial charge in [-0.3, -0.25) is 14.5 Å². The Kier molecular flexibility index (Phi) is 3.97. The van der Waals surface area contributed by atoms with Gasteiger partial charge in [0.2, 0.25) is 11.8 Å². The van der Waals surface area contributed by atoms with Crippen LogP contribution in [0.15, 0.2) is 0 Å². The summed E-state index contributed by atoms with van der Waals surface area (Å²) in [5, 5.41) is 13.1. The van der Waals surface area contributed by atoms with Crippen LogP contribution in [0.2, 0.25) is 0 Å². The molecule has 2 aliphatic rings. The molecule has 0 spiro atoms. The van der Waals surface area contributed by atoms with Gasteiger partial charge in [0.15, 0.2) is 0 Å². The van der Waals surface area contributed by atoms with Crippen LogP contribution < -0.4 is 5.32 Å². The lowest BCUT2D eigenvalue weighted by atomic mass is 10.00. The van der Waals surface area contributed by atoms with Gasteiger partial charge in [0.1, 0.15) is 0 Å². The van der Waals surface area contributed by atoms with Crippen LogP contribution in [-0.2, 0) is 9.59 Å². The van der Waals surface area contributed by atoms with Crippen molar-refractivity contribution in [3.8, 4) is 0 Å². The Morgan fingerprint density at radius 2 is 1.79 bits per heavy atom. The van der Waals surface area contributed by atoms with Crippen LogP contribution in [0.4, 0.5) is 0 Å². The molecule has 0 bridgehead atoms. The summed E-state index contributed by atoms with van der Waals surface area (Å²) in [5.41, 5.74) is -0.0868. The molecule has 1 saturated heterocycles. The lowest BCUT2D eigenvalue weighted by Crippen LogP contribution is -2.46. The zero-order valence-corrected chi connectivity index (χ0v) is 12.0. The number of aliphatic hydroxyl groups is 1. The second-order valence-corrected chi connectivity index (χ2v) is 6.72. The molecule has 2 amide bonds. The van der Waals surface area contributed by atoms with E-state index in [4.69, 9.17) is 0 Å². The van der Waals surface area contributed by atoms with Gasteiger partial charge in [0.05, 0.1) is 24.5 Å². The van der Waals surface area contributed by atoms with Crippen LogP contribution in [0.1, 0.15) is 40.0 Å². The Bertz CT molecular complexity index is 353. The molecule has 1 saturated carbocycles. The third-order valence-corrected chi connectivity index (χ3v) is 3.94. The minimum Gasteiger partial charge on any atom is -0.390 e. The number of likely N-dealkylation sites (tertiary alicyclic amines) is 1. The maximum absolute atomic E-state index is 12.1. The summed E-state index contributed by atoms with van der Waals surface area (Å²) in [6.07, 6.45) is 1.91. The number of aliphatic hydroxyl groups excluding tert-OH is 1. The maximum Gasteiger partial charge on any atom is 0.233 e. The third-order valence-electron chi connectivity index (χ3n) is 3.94. The molecule has 0 radical (unpaired) electrons. The predicted octanol–water partition coefficient (Wildman–Crippen LogP) is 0.520. The van der Waals surface area contributed by atoms with Crippen molar-refractivity contribution >= 4 is 11.8 Å². The van der Waals surface area contributed by atoms with E-state index >= 15 is 0 Å². The molecule has 1 aliphatic carbocycles. The Labute approximate surface area is 114 Å². The van der Waals surface area contributed by atoms with Crippen LogP contribution in [0.3, 0.4) is 0 Å². The maximum atomic E-state index is 12.1. The summed E-state index contributed by atoms with van der Waals surface area (Å²) >= 11 is 0. The van der Waals surface area contributed by atoms with Gasteiger partial charge < -0.3 is 10.4 Å². The molecule has 5 nitrogen and oxygen atoms in total. The standard InChI is InChI=1S/C14H24N2O3/c1-14(2,3)15-7-9(17)8-16-12(18)10-5-4-6-11(10)13(16)19/h9-11,15,17H,4-8H2,1-3H3. The number of hydrogen-bond acceptors (Lipinski definition) is 4. The second-order valence-electron chi connectivity index (χ2n) is 6.72. The van der Waals surface area contributed by atoms with Crippen LogP contribution in [0.5, 0.6) is 0 Å². The normalized spacial score (nSPS) is 28.9. The van der Waals surface area contributed by atoms with Crippen molar-refractivity contribution in [1.82, 2.24) is 10.2 Å². The molecule has 3 atom stereocenters. The zero-order valence-electron chi connectivity index (χ0n) is 12.0. The quantitative estimate of drug-likeness (QED) is 0.729. The molecule has 3 unspecified atom stereocenters. The number of hydrogen-bond donors (Lipinski definition) is 2. The first kappa shape index (κ1) is 14.5. The predicted molar refractivity (Wildman–Crippen MR) is 71.3 cm³/mol. The van der Waals surface area contributed by atoms with Crippen molar-refractivity contribution < 1.29 is 14.7 Å². The minimum absolute atomic E-state index is 0.0812. The summed E-state index contributed by atoms with van der Waals surface area (Å²) in [6.45, 7) is 6.53. The number of nitrogens with zero attached hydrogens (tertiary/aromatic N) is 1. The van der Waals surface area contributed by atoms with E-state index in [0.29, 0.717) is 6.54 Å². The number of β-amino-alcohol motifs (C(OH)–C–C–N with tert-alkyl or cyclic N) is 1. The smallest absolute Gasteiger partial charge is 0.233 e. The molecular weight excluding hydrogens is 244 g/mol. The number of imide groups is 1. The minimum atomic E-state index is -0.703. The summed E-state index contributed by atoms with van der Waals surface area (Å²) in [4.78, 5) is 25.5. The van der Waals surface area contributed by atoms with Gasteiger partial charge in [-0.15, -0.1) is 0 Å². The Morgan fingerprint density at radius 1 is 1.26 bits per heavy atom. The summed E-state index contributed by atoms with van der Waals surface area (Å²) in [5.74, 6) is -0.393. The lowest BCUT2D eigenvalue weighted by Gasteiger charge is -2.25. The van der Waals surface area contributed by atoms with Gasteiger partial charge in [0, 0.05) is 12.1 Å². The molecule has 108 valence electrons. The highest BCUT2D eigenvalue weighted by atomic mass is 16.3. The summed E-state index contributed by atoms with van der Waals surface area (Å²) in [7, 11) is 0. The Hall–Kier alpha value is -0.940. The molecule has 1 heterocycles. The van der Waals surface area contributed by atoms with E-state index in [0.717, 1.165) is 19.3 Å². The fourth-order valence-corrected chi connectivity index (χ4v) is 2.94. The Morgan fingerprint density at radius 3 is 2.26 bits per heavy atom. The molecule has 5 heteroatoms. The van der Waals surface area contributed by atoms with Crippen molar-refractivity contribution in [3.05, 3.63) is 0 Å². The summed E-state index contributed by atoms with van der Waals surface area (Å²) < 4.78 is 0. The number of fused-ring (bicyclic) bond motifs is 1. The molecule has 2 fully saturated rings. The average molecular weight is 268 g/mol. The van der Waals surface area contributed by atoms with Crippen molar-refractivity contribution in [1.29, 1.82) is 0 Å². The van der Waals surface area contributed by atoms with Gasteiger partial charge in [0.25, 0.3) is 0 Å². The number of nitrogens with one attached hydrogen (secondary N) is 1. The fraction of sp³-hybridized carbons (Fsp3) is 0.857. The van der Waals surface area contributed by atoms with E-state index in [1.165, 1.54) is 4.90 Å². The van der Waals surface area contributed by atoms with Crippen LogP contribution in [0.25, 0.3) is 0 Å². The second kappa shape index (κ2) is 5.21. The molecule has 2 rings (SSSR count). The van der Waals surface area contributed by atoms with Gasteiger partial charge in [-0.2, -0.15) is 0 Å². The first-order valence-corrected chi connectivity index (χ1v) is 7.08. The zero-order chi connectivity index (χ0) is 14.2. The average Bonchev–Trinajstić information content (AvgIpc) is 2.86. The highest BCUT2D eigenvalue weighted by molar-refractivity contribution is 6.05. The number of rotatable bonds is 4. The SMILES string of the molecule is CC(C)(C)NCC(O)CN1C(=O)C2CCCC2C1=O. The molecule has 2 N–H and O–H groups in total. The van der Waals surface area contributed by atoms with E-state index < -0.39 is 6.10 Å². The molecule has 1 aliphatic heterocycles. The lowest BCUT2D eigenvalue weighted by molar-refractivity contribution is -0.141. The number of carbonyl (C=O) groups is 2. The van der Waals surface area contributed by atoms with Gasteiger partial charge >= 0.3 is 0 Å². The van der Waals surface area contributed by atoms with Gasteiger partial charge in [-0.05, 0) is 33.6 Å². The van der Waals surface area contributed by atoms with Crippen LogP contribution in [-0.4, -0.2) is 46.6 Å². The summed E-state index contributed by atoms with van der Waals surface area (Å²) in [6, 6.07) is 0. The largest absolute Gasteiger partial charge is 0.390 e. The van der Waals surface area contributed by atoms with Crippen LogP contribution >= 0.6 is 0 Å². The van der Waals surface area contributed by atoms with E-state index in [2.05, 4.69) is 5.32 Å². The monoisotopic (exact) mass is 268 g/mol. The first-order valence-electron chi connectivity index (χ1n) is 7.08. The van der Waals surface area contributed by atoms with Crippen LogP contribution in [0, 0.1) is 11.8 Å². The Balaban J connectivity index is 1.89. The van der Waals surface area contributed by atoms with E-state index in [9.17, 15) is 14.7 Å². The van der Waals surface area contributed by atoms with Gasteiger partial charge in [-0.1, -0.05) is 6.42 Å². The van der Waals surface area contributed by atoms with Crippen molar-refractivity contribution in [2.75, 3.05) is 13.1 Å². The molecule has 19 heavy (non-hydrogen) atoms. The molecule has 0 aromatic rings. The molecule has 0 aromatic carbocycles. The topological polar surface area (TPSA) is 69.6 Å². The van der Waals surface area contributed by atoms with Gasteiger partial charge in [-0.25, -0.2) is 0 Å². The highest BCUT2D eigenvalue weighted by Crippen LogP contribution is 2.39. The number of amides is 2. The molecule has 0 aromatic heterocycles. The van der Waals surface area contributed by atoms with Crippen molar-refractivity contribution in [2.24, 2.45) is 11.8 Å². The third kappa shape index (κ3) is 3.15. The first-order chi connectivity index (χ1) is 8.79. The van der Waals surface area contributed by atoms with E-state index in [-0.39, 0.29) is 35.7 Å². The van der Waals surface area contributed by atoms with E-state index in [1.807, 2.05) is 20.8 Å². The van der Waals surface area contributed by atoms with E-state index in [1.54, 1.807) is 0 Å². The number of carbonyl (C=O) groups excluding carboxylic acids is 2. The highest BCUT2D eigenvalue weighted by Gasteiger charge is 2.49. The van der Waals surface area contributed by atoms with Crippen molar-refractivity contribution in [3.63, 3.8) is 0 Å².